The van der Waals surface area contributed by atoms with Gasteiger partial charge in [0.15, 0.2) is 12.1 Å². The molecule has 0 spiro atoms. The quantitative estimate of drug-likeness (QED) is 0.0906. The molecule has 18 atom stereocenters. The van der Waals surface area contributed by atoms with Crippen LogP contribution in [0.3, 0.4) is 0 Å². The van der Waals surface area contributed by atoms with Gasteiger partial charge < -0.3 is 81.8 Å². The second kappa shape index (κ2) is 35.4. The van der Waals surface area contributed by atoms with Crippen LogP contribution in [0, 0.1) is 17.8 Å². The summed E-state index contributed by atoms with van der Waals surface area (Å²) < 4.78 is 17.4. The lowest BCUT2D eigenvalue weighted by Crippen LogP contribution is -2.61. The minimum atomic E-state index is -1.97. The van der Waals surface area contributed by atoms with Crippen LogP contribution in [0.5, 0.6) is 0 Å². The number of aliphatic hydroxyl groups is 10. The van der Waals surface area contributed by atoms with Crippen molar-refractivity contribution in [1.82, 2.24) is 0 Å². The van der Waals surface area contributed by atoms with Crippen LogP contribution in [-0.2, 0) is 33.4 Å². The second-order valence-corrected chi connectivity index (χ2v) is 20.7. The number of allylic oxidation sites excluding steroid dienone is 12. The van der Waals surface area contributed by atoms with Crippen molar-refractivity contribution < 1.29 is 94.4 Å². The fraction of sp³-hybridized carbons (Fsp3) is 0.569. The van der Waals surface area contributed by atoms with Gasteiger partial charge in [0.1, 0.15) is 29.7 Å². The van der Waals surface area contributed by atoms with Crippen molar-refractivity contribution in [3.8, 4) is 0 Å². The van der Waals surface area contributed by atoms with Crippen molar-refractivity contribution in [1.29, 1.82) is 0 Å². The molecule has 0 aromatic heterocycles. The van der Waals surface area contributed by atoms with Gasteiger partial charge in [0, 0.05) is 55.7 Å². The smallest absolute Gasteiger partial charge is 0.311 e. The van der Waals surface area contributed by atoms with Gasteiger partial charge in [-0.2, -0.15) is 0 Å². The predicted octanol–water partition coefficient (Wildman–Crippen LogP) is 2.13. The molecular formula is C58H84N2O19. The first kappa shape index (κ1) is 67.9. The van der Waals surface area contributed by atoms with Crippen molar-refractivity contribution in [2.45, 2.75) is 190 Å². The Morgan fingerprint density at radius 2 is 1.13 bits per heavy atom. The number of hydrogen-bond donors (Lipinski definition) is 13. The Bertz CT molecular complexity index is 2260. The third-order valence-electron chi connectivity index (χ3n) is 13.6. The Hall–Kier alpha value is -5.37. The van der Waals surface area contributed by atoms with E-state index in [2.05, 4.69) is 0 Å². The number of ether oxygens (including phenoxy) is 3. The van der Waals surface area contributed by atoms with Crippen molar-refractivity contribution in [3.05, 3.63) is 115 Å². The van der Waals surface area contributed by atoms with Gasteiger partial charge in [-0.3, -0.25) is 24.0 Å². The third-order valence-corrected chi connectivity index (χ3v) is 13.6. The number of carbonyl (C=O) groups excluding carboxylic acids is 4. The van der Waals surface area contributed by atoms with Gasteiger partial charge in [0.25, 0.3) is 0 Å². The molecule has 21 heteroatoms. The summed E-state index contributed by atoms with van der Waals surface area (Å²) in [4.78, 5) is 64.3. The van der Waals surface area contributed by atoms with Crippen LogP contribution in [0.15, 0.2) is 109 Å². The summed E-state index contributed by atoms with van der Waals surface area (Å²) in [6, 6.07) is 5.18. The number of carboxylic acids is 1. The predicted molar refractivity (Wildman–Crippen MR) is 291 cm³/mol. The number of nitrogens with two attached hydrogens (primary N) is 2. The molecule has 3 rings (SSSR count). The average molecular weight is 1110 g/mol. The summed E-state index contributed by atoms with van der Waals surface area (Å²) in [5, 5.41) is 117. The molecule has 0 saturated carbocycles. The molecule has 1 aromatic rings. The first-order chi connectivity index (χ1) is 37.3. The van der Waals surface area contributed by atoms with Crippen LogP contribution in [0.1, 0.15) is 108 Å². The number of cyclic esters (lactones) is 1. The molecule has 15 N–H and O–H groups in total. The summed E-state index contributed by atoms with van der Waals surface area (Å²) in [6.45, 7) is 5.16. The average Bonchev–Trinajstić information content (AvgIpc) is 3.35. The van der Waals surface area contributed by atoms with E-state index in [0.29, 0.717) is 17.7 Å². The molecule has 21 nitrogen and oxygen atoms in total. The number of nitrogen functional groups attached to an aromatic ring is 1. The van der Waals surface area contributed by atoms with Crippen LogP contribution < -0.4 is 11.5 Å². The van der Waals surface area contributed by atoms with E-state index in [1.54, 1.807) is 91.1 Å². The maximum absolute atomic E-state index is 13.3. The maximum Gasteiger partial charge on any atom is 0.311 e. The van der Waals surface area contributed by atoms with E-state index in [-0.39, 0.29) is 30.5 Å². The van der Waals surface area contributed by atoms with E-state index in [0.717, 1.165) is 0 Å². The lowest BCUT2D eigenvalue weighted by atomic mass is 9.88. The number of rotatable bonds is 10. The Kier molecular flexibility index (Phi) is 30.4. The molecular weight excluding hydrogens is 1030 g/mol. The van der Waals surface area contributed by atoms with E-state index in [4.69, 9.17) is 25.7 Å². The molecule has 2 heterocycles. The number of anilines is 1. The van der Waals surface area contributed by atoms with Gasteiger partial charge in [0.2, 0.25) is 0 Å². The highest BCUT2D eigenvalue weighted by molar-refractivity contribution is 5.96. The molecule has 0 bridgehead atoms. The van der Waals surface area contributed by atoms with E-state index in [1.807, 2.05) is 19.9 Å². The van der Waals surface area contributed by atoms with Crippen LogP contribution in [0.2, 0.25) is 0 Å². The van der Waals surface area contributed by atoms with Crippen molar-refractivity contribution in [2.24, 2.45) is 23.5 Å². The molecule has 2 aliphatic rings. The first-order valence-electron chi connectivity index (χ1n) is 26.7. The fourth-order valence-corrected chi connectivity index (χ4v) is 9.23. The van der Waals surface area contributed by atoms with Crippen LogP contribution in [0.4, 0.5) is 5.69 Å². The van der Waals surface area contributed by atoms with Gasteiger partial charge >= 0.3 is 11.9 Å². The number of esters is 1. The second-order valence-electron chi connectivity index (χ2n) is 20.7. The lowest BCUT2D eigenvalue weighted by molar-refractivity contribution is -0.277. The van der Waals surface area contributed by atoms with E-state index < -0.39 is 179 Å². The first-order valence-corrected chi connectivity index (χ1v) is 26.7. The number of Topliss-reactive ketones (excluding diaryl/α,β-unsaturated/α-hetero) is 3. The third kappa shape index (κ3) is 25.7. The molecule has 0 amide bonds. The summed E-state index contributed by atoms with van der Waals surface area (Å²) in [7, 11) is 0. The molecule has 1 fully saturated rings. The molecule has 440 valence electrons. The lowest BCUT2D eigenvalue weighted by Gasteiger charge is -2.41. The molecule has 0 radical (unpaired) electrons. The van der Waals surface area contributed by atoms with Gasteiger partial charge in [-0.25, -0.2) is 0 Å². The summed E-state index contributed by atoms with van der Waals surface area (Å²) in [6.07, 6.45) is 0.194. The van der Waals surface area contributed by atoms with Gasteiger partial charge in [-0.05, 0) is 69.2 Å². The topological polar surface area (TPSA) is 388 Å². The zero-order chi connectivity index (χ0) is 58.8. The Morgan fingerprint density at radius 1 is 0.633 bits per heavy atom. The van der Waals surface area contributed by atoms with Gasteiger partial charge in [-0.15, -0.1) is 0 Å². The standard InChI is InChI=1S/C58H84N2O19/c1-34-16-14-12-10-8-6-4-5-7-9-11-13-15-17-47(78-58-55(74)53(60)54(73)36(3)77-58)33-50(71)52(57(75)76)49(70)31-45(67)28-43(65)26-41(63)24-40(62)25-42(64)27-44(66)29-46(68)32-51(72)79-56(34)35(2)18-23-39(61)30-48(69)37-19-21-38(59)22-20-37/h4-17,19-22,34-36,39-43,46-47,49-50,52-56,58,61-65,68,70-71,73-74H,18,23-33,59-60H2,1-3H3,(H,75,76)/b5-4+,8-6+,9-7+,12-10+,13-11+,16-14+,17-15+/t34?,35?,36-,39?,40?,41?,42?,43?,46?,47?,49?,50?,52?,53+,54-,55+,56?,58+/m1/s1. The number of hydrogen-bond acceptors (Lipinski definition) is 20. The monoisotopic (exact) mass is 1110 g/mol. The van der Waals surface area contributed by atoms with Crippen molar-refractivity contribution >= 4 is 35.0 Å². The summed E-state index contributed by atoms with van der Waals surface area (Å²) in [5.74, 6) is -6.88. The minimum absolute atomic E-state index is 0.135. The molecule has 79 heavy (non-hydrogen) atoms. The number of aliphatic hydroxyl groups excluding tert-OH is 10. The van der Waals surface area contributed by atoms with E-state index >= 15 is 0 Å². The number of carbonyl (C=O) groups is 5. The minimum Gasteiger partial charge on any atom is -0.481 e. The van der Waals surface area contributed by atoms with Crippen LogP contribution in [0.25, 0.3) is 0 Å². The number of carboxylic acid groups (broad SMARTS) is 1. The van der Waals surface area contributed by atoms with Crippen molar-refractivity contribution in [3.63, 3.8) is 0 Å². The molecule has 2 aliphatic heterocycles. The molecule has 1 aromatic carbocycles. The molecule has 1 saturated heterocycles. The molecule has 0 aliphatic carbocycles. The van der Waals surface area contributed by atoms with Gasteiger partial charge in [-0.1, -0.05) is 98.9 Å². The summed E-state index contributed by atoms with van der Waals surface area (Å²) in [5.41, 5.74) is 12.6. The Morgan fingerprint density at radius 3 is 1.67 bits per heavy atom. The van der Waals surface area contributed by atoms with Gasteiger partial charge in [0.05, 0.1) is 79.6 Å². The Balaban J connectivity index is 1.83. The highest BCUT2D eigenvalue weighted by atomic mass is 16.7. The van der Waals surface area contributed by atoms with Crippen LogP contribution >= 0.6 is 0 Å². The Labute approximate surface area is 461 Å². The number of aliphatic carboxylic acids is 1. The SMILES string of the molecule is CC1/C=C/C=C/C=C/C=C/C=C/C=C/C=C/C(O[C@@H]2O[C@H](C)[C@@H](O)[C@H](N)[C@@H]2O)CC(O)C(C(=O)O)C(O)CC(=O)CC(O)CC(O)CC(O)CC(O)CC(=O)CC(O)CC(=O)OC1C(C)CCC(O)CC(=O)c1ccc(N)cc1. The van der Waals surface area contributed by atoms with E-state index in [1.165, 1.54) is 19.1 Å². The van der Waals surface area contributed by atoms with Crippen LogP contribution in [-0.4, -0.2) is 177 Å². The zero-order valence-electron chi connectivity index (χ0n) is 45.1. The van der Waals surface area contributed by atoms with E-state index in [9.17, 15) is 80.1 Å². The van der Waals surface area contributed by atoms with Crippen molar-refractivity contribution in [2.75, 3.05) is 5.73 Å². The zero-order valence-corrected chi connectivity index (χ0v) is 45.1. The normalized spacial score (nSPS) is 36.2. The summed E-state index contributed by atoms with van der Waals surface area (Å²) >= 11 is 0. The number of benzene rings is 1. The highest BCUT2D eigenvalue weighted by Crippen LogP contribution is 2.28. The largest absolute Gasteiger partial charge is 0.481 e. The molecule has 13 unspecified atom stereocenters. The highest BCUT2D eigenvalue weighted by Gasteiger charge is 2.43. The maximum atomic E-state index is 13.3. The fourth-order valence-electron chi connectivity index (χ4n) is 9.23. The number of ketones is 3.